The molecule has 2 heterocycles. The second-order valence-corrected chi connectivity index (χ2v) is 7.94. The number of piperazine rings is 1. The van der Waals surface area contributed by atoms with E-state index in [-0.39, 0.29) is 5.82 Å². The predicted molar refractivity (Wildman–Crippen MR) is 112 cm³/mol. The molecule has 1 fully saturated rings. The Morgan fingerprint density at radius 2 is 1.71 bits per heavy atom. The molecular weight excluding hydrogens is 353 g/mol. The maximum absolute atomic E-state index is 13.3. The van der Waals surface area contributed by atoms with Crippen LogP contribution in [0.2, 0.25) is 0 Å². The minimum atomic E-state index is -0.204. The van der Waals surface area contributed by atoms with Crippen molar-refractivity contribution in [1.82, 2.24) is 19.4 Å². The van der Waals surface area contributed by atoms with Crippen LogP contribution in [-0.2, 0) is 13.1 Å². The first-order valence-corrected chi connectivity index (χ1v) is 9.81. The molecule has 0 amide bonds. The largest absolute Gasteiger partial charge is 0.369 e. The molecule has 2 aromatic carbocycles. The van der Waals surface area contributed by atoms with Gasteiger partial charge in [-0.1, -0.05) is 12.1 Å². The van der Waals surface area contributed by atoms with Gasteiger partial charge in [0.1, 0.15) is 11.6 Å². The zero-order chi connectivity index (χ0) is 19.7. The van der Waals surface area contributed by atoms with Crippen molar-refractivity contribution < 1.29 is 4.39 Å². The number of benzene rings is 2. The quantitative estimate of drug-likeness (QED) is 0.679. The van der Waals surface area contributed by atoms with Gasteiger partial charge in [-0.25, -0.2) is 9.37 Å². The Morgan fingerprint density at radius 3 is 2.39 bits per heavy atom. The molecule has 1 saturated heterocycles. The maximum Gasteiger partial charge on any atom is 0.124 e. The van der Waals surface area contributed by atoms with Crippen molar-refractivity contribution in [1.29, 1.82) is 0 Å². The first-order chi connectivity index (χ1) is 13.5. The van der Waals surface area contributed by atoms with E-state index in [1.54, 1.807) is 0 Å². The molecule has 1 aromatic heterocycles. The molecule has 1 aliphatic heterocycles. The summed E-state index contributed by atoms with van der Waals surface area (Å²) in [5.74, 6) is 0.824. The third-order valence-corrected chi connectivity index (χ3v) is 5.39. The molecule has 6 heteroatoms. The SMILES string of the molecule is CN(C)Cc1nc2ccc(N3CCN(C)CC3)cc2n1Cc1ccc(F)cc1. The lowest BCUT2D eigenvalue weighted by atomic mass is 10.2. The molecule has 28 heavy (non-hydrogen) atoms. The highest BCUT2D eigenvalue weighted by atomic mass is 19.1. The minimum Gasteiger partial charge on any atom is -0.369 e. The van der Waals surface area contributed by atoms with Crippen LogP contribution in [0.5, 0.6) is 0 Å². The Bertz CT molecular complexity index is 939. The second kappa shape index (κ2) is 7.89. The third kappa shape index (κ3) is 4.03. The smallest absolute Gasteiger partial charge is 0.124 e. The summed E-state index contributed by atoms with van der Waals surface area (Å²) in [7, 11) is 6.28. The summed E-state index contributed by atoms with van der Waals surface area (Å²) in [6.45, 7) is 5.70. The molecule has 4 rings (SSSR count). The van der Waals surface area contributed by atoms with E-state index in [1.165, 1.54) is 17.8 Å². The highest BCUT2D eigenvalue weighted by molar-refractivity contribution is 5.80. The van der Waals surface area contributed by atoms with E-state index >= 15 is 0 Å². The van der Waals surface area contributed by atoms with Crippen LogP contribution < -0.4 is 4.90 Å². The Hall–Kier alpha value is -2.44. The van der Waals surface area contributed by atoms with E-state index in [9.17, 15) is 4.39 Å². The summed E-state index contributed by atoms with van der Waals surface area (Å²) in [4.78, 5) is 11.8. The van der Waals surface area contributed by atoms with Crippen molar-refractivity contribution in [2.75, 3.05) is 52.2 Å². The number of fused-ring (bicyclic) bond motifs is 1. The summed E-state index contributed by atoms with van der Waals surface area (Å²) in [6.07, 6.45) is 0. The summed E-state index contributed by atoms with van der Waals surface area (Å²) in [5, 5.41) is 0. The Morgan fingerprint density at radius 1 is 1.00 bits per heavy atom. The lowest BCUT2D eigenvalue weighted by Gasteiger charge is -2.34. The lowest BCUT2D eigenvalue weighted by Crippen LogP contribution is -2.44. The van der Waals surface area contributed by atoms with Gasteiger partial charge < -0.3 is 19.3 Å². The first kappa shape index (κ1) is 18.9. The molecule has 0 aliphatic carbocycles. The fourth-order valence-electron chi connectivity index (χ4n) is 3.77. The summed E-state index contributed by atoms with van der Waals surface area (Å²) in [5.41, 5.74) is 4.47. The standard InChI is InChI=1S/C22H28FN5/c1-25(2)16-22-24-20-9-8-19(27-12-10-26(3)11-13-27)14-21(20)28(22)15-17-4-6-18(23)7-5-17/h4-9,14H,10-13,15-16H2,1-3H3. The van der Waals surface area contributed by atoms with Gasteiger partial charge in [-0.15, -0.1) is 0 Å². The molecule has 0 atom stereocenters. The van der Waals surface area contributed by atoms with Crippen LogP contribution in [0.4, 0.5) is 10.1 Å². The van der Waals surface area contributed by atoms with Gasteiger partial charge in [-0.3, -0.25) is 0 Å². The van der Waals surface area contributed by atoms with Gasteiger partial charge in [-0.2, -0.15) is 0 Å². The number of likely N-dealkylation sites (N-methyl/N-ethyl adjacent to an activating group) is 1. The molecule has 5 nitrogen and oxygen atoms in total. The second-order valence-electron chi connectivity index (χ2n) is 7.94. The van der Waals surface area contributed by atoms with Crippen LogP contribution >= 0.6 is 0 Å². The van der Waals surface area contributed by atoms with E-state index < -0.39 is 0 Å². The number of hydrogen-bond donors (Lipinski definition) is 0. The highest BCUT2D eigenvalue weighted by Crippen LogP contribution is 2.25. The normalized spacial score (nSPS) is 15.7. The van der Waals surface area contributed by atoms with Crippen molar-refractivity contribution in [2.24, 2.45) is 0 Å². The fourth-order valence-corrected chi connectivity index (χ4v) is 3.77. The average Bonchev–Trinajstić information content (AvgIpc) is 3.00. The Balaban J connectivity index is 1.72. The van der Waals surface area contributed by atoms with Crippen LogP contribution in [0.25, 0.3) is 11.0 Å². The van der Waals surface area contributed by atoms with Gasteiger partial charge in [0.25, 0.3) is 0 Å². The van der Waals surface area contributed by atoms with E-state index in [0.29, 0.717) is 6.54 Å². The zero-order valence-corrected chi connectivity index (χ0v) is 16.9. The lowest BCUT2D eigenvalue weighted by molar-refractivity contribution is 0.313. The van der Waals surface area contributed by atoms with Crippen LogP contribution in [0.15, 0.2) is 42.5 Å². The van der Waals surface area contributed by atoms with Gasteiger partial charge in [0.05, 0.1) is 17.6 Å². The van der Waals surface area contributed by atoms with E-state index in [0.717, 1.165) is 55.1 Å². The summed E-state index contributed by atoms with van der Waals surface area (Å²) >= 11 is 0. The molecule has 0 spiro atoms. The van der Waals surface area contributed by atoms with Crippen LogP contribution in [-0.4, -0.2) is 66.7 Å². The maximum atomic E-state index is 13.3. The van der Waals surface area contributed by atoms with Crippen molar-refractivity contribution in [3.05, 3.63) is 59.7 Å². The Labute approximate surface area is 166 Å². The van der Waals surface area contributed by atoms with Crippen molar-refractivity contribution in [3.8, 4) is 0 Å². The van der Waals surface area contributed by atoms with Crippen LogP contribution in [0.1, 0.15) is 11.4 Å². The molecule has 0 N–H and O–H groups in total. The average molecular weight is 381 g/mol. The van der Waals surface area contributed by atoms with Crippen molar-refractivity contribution in [3.63, 3.8) is 0 Å². The topological polar surface area (TPSA) is 27.5 Å². The van der Waals surface area contributed by atoms with Gasteiger partial charge >= 0.3 is 0 Å². The fraction of sp³-hybridized carbons (Fsp3) is 0.409. The van der Waals surface area contributed by atoms with Crippen LogP contribution in [0, 0.1) is 5.82 Å². The van der Waals surface area contributed by atoms with E-state index in [2.05, 4.69) is 58.6 Å². The van der Waals surface area contributed by atoms with E-state index in [4.69, 9.17) is 4.98 Å². The molecule has 0 radical (unpaired) electrons. The van der Waals surface area contributed by atoms with Crippen LogP contribution in [0.3, 0.4) is 0 Å². The molecule has 3 aromatic rings. The Kier molecular flexibility index (Phi) is 5.33. The zero-order valence-electron chi connectivity index (χ0n) is 16.9. The number of anilines is 1. The van der Waals surface area contributed by atoms with E-state index in [1.807, 2.05) is 12.1 Å². The number of imidazole rings is 1. The monoisotopic (exact) mass is 381 g/mol. The number of halogens is 1. The molecule has 1 aliphatic rings. The number of rotatable bonds is 5. The molecule has 0 unspecified atom stereocenters. The summed E-state index contributed by atoms with van der Waals surface area (Å²) in [6, 6.07) is 13.3. The molecule has 148 valence electrons. The van der Waals surface area contributed by atoms with Gasteiger partial charge in [0, 0.05) is 38.4 Å². The molecule has 0 bridgehead atoms. The van der Waals surface area contributed by atoms with Gasteiger partial charge in [0.2, 0.25) is 0 Å². The third-order valence-electron chi connectivity index (χ3n) is 5.39. The van der Waals surface area contributed by atoms with Gasteiger partial charge in [-0.05, 0) is 57.0 Å². The molecular formula is C22H28FN5. The highest BCUT2D eigenvalue weighted by Gasteiger charge is 2.17. The molecule has 0 saturated carbocycles. The number of hydrogen-bond acceptors (Lipinski definition) is 4. The first-order valence-electron chi connectivity index (χ1n) is 9.81. The minimum absolute atomic E-state index is 0.204. The van der Waals surface area contributed by atoms with Crippen molar-refractivity contribution >= 4 is 16.7 Å². The van der Waals surface area contributed by atoms with Gasteiger partial charge in [0.15, 0.2) is 0 Å². The van der Waals surface area contributed by atoms with Crippen molar-refractivity contribution in [2.45, 2.75) is 13.1 Å². The number of aromatic nitrogens is 2. The summed E-state index contributed by atoms with van der Waals surface area (Å²) < 4.78 is 15.6. The number of nitrogens with zero attached hydrogens (tertiary/aromatic N) is 5. The predicted octanol–water partition coefficient (Wildman–Crippen LogP) is 3.04.